The Morgan fingerprint density at radius 3 is 2.85 bits per heavy atom. The van der Waals surface area contributed by atoms with Crippen molar-refractivity contribution in [2.75, 3.05) is 11.1 Å². The molecule has 1 aromatic carbocycles. The van der Waals surface area contributed by atoms with Gasteiger partial charge in [-0.05, 0) is 30.0 Å². The molecule has 0 saturated carbocycles. The highest BCUT2D eigenvalue weighted by Crippen LogP contribution is 2.32. The van der Waals surface area contributed by atoms with Gasteiger partial charge in [0.15, 0.2) is 9.84 Å². The van der Waals surface area contributed by atoms with Crippen molar-refractivity contribution in [3.63, 3.8) is 0 Å². The van der Waals surface area contributed by atoms with Crippen LogP contribution in [0.2, 0.25) is 0 Å². The average Bonchev–Trinajstić information content (AvgIpc) is 2.76. The first-order chi connectivity index (χ1) is 9.47. The number of hydrogen-bond donors (Lipinski definition) is 2. The topological polar surface area (TPSA) is 89.3 Å². The van der Waals surface area contributed by atoms with Crippen molar-refractivity contribution in [2.45, 2.75) is 37.0 Å². The van der Waals surface area contributed by atoms with Gasteiger partial charge in [-0.2, -0.15) is 0 Å². The largest absolute Gasteiger partial charge is 0.326 e. The molecule has 20 heavy (non-hydrogen) atoms. The van der Waals surface area contributed by atoms with Crippen LogP contribution in [0, 0.1) is 0 Å². The lowest BCUT2D eigenvalue weighted by molar-refractivity contribution is -0.115. The van der Waals surface area contributed by atoms with E-state index in [1.165, 1.54) is 0 Å². The van der Waals surface area contributed by atoms with Gasteiger partial charge in [-0.25, -0.2) is 8.42 Å². The van der Waals surface area contributed by atoms with Crippen molar-refractivity contribution in [3.05, 3.63) is 29.3 Å². The highest BCUT2D eigenvalue weighted by Gasteiger charge is 2.34. The van der Waals surface area contributed by atoms with E-state index in [2.05, 4.69) is 5.32 Å². The molecule has 2 atom stereocenters. The number of sulfone groups is 1. The molecule has 108 valence electrons. The molecule has 0 radical (unpaired) electrons. The molecule has 3 N–H and O–H groups in total. The van der Waals surface area contributed by atoms with Crippen molar-refractivity contribution in [1.82, 2.24) is 0 Å². The number of nitrogens with two attached hydrogens (primary N) is 1. The molecule has 2 heterocycles. The lowest BCUT2D eigenvalue weighted by atomic mass is 9.98. The summed E-state index contributed by atoms with van der Waals surface area (Å²) in [6.07, 6.45) is 2.60. The fraction of sp³-hybridized carbons (Fsp3) is 0.500. The molecule has 1 aromatic rings. The van der Waals surface area contributed by atoms with E-state index in [0.717, 1.165) is 29.7 Å². The molecule has 0 aromatic heterocycles. The Bertz CT molecular complexity index is 654. The molecule has 5 nitrogen and oxygen atoms in total. The van der Waals surface area contributed by atoms with Gasteiger partial charge >= 0.3 is 0 Å². The number of rotatable bonds is 2. The Balaban J connectivity index is 1.89. The second-order valence-corrected chi connectivity index (χ2v) is 7.91. The zero-order valence-electron chi connectivity index (χ0n) is 11.1. The number of nitrogens with one attached hydrogen (secondary N) is 1. The maximum absolute atomic E-state index is 12.1. The van der Waals surface area contributed by atoms with Crippen LogP contribution in [0.1, 0.15) is 36.4 Å². The Kier molecular flexibility index (Phi) is 3.30. The Morgan fingerprint density at radius 1 is 1.30 bits per heavy atom. The Hall–Kier alpha value is -1.40. The second-order valence-electron chi connectivity index (χ2n) is 5.57. The van der Waals surface area contributed by atoms with Gasteiger partial charge in [-0.15, -0.1) is 0 Å². The van der Waals surface area contributed by atoms with Gasteiger partial charge in [0.1, 0.15) is 0 Å². The molecular weight excluding hydrogens is 276 g/mol. The lowest BCUT2D eigenvalue weighted by Gasteiger charge is -2.28. The molecule has 6 heteroatoms. The maximum atomic E-state index is 12.1. The van der Waals surface area contributed by atoms with Crippen LogP contribution in [0.4, 0.5) is 5.69 Å². The molecule has 1 fully saturated rings. The standard InChI is InChI=1S/C14H18N2O3S/c15-14(12-3-1-2-6-20(12,18)19)9-4-5-11-10(7-9)8-13(17)16-11/h4-5,7,12,14H,1-3,6,8,15H2,(H,16,17). The maximum Gasteiger partial charge on any atom is 0.228 e. The normalized spacial score (nSPS) is 25.9. The molecule has 3 rings (SSSR count). The fourth-order valence-electron chi connectivity index (χ4n) is 3.05. The van der Waals surface area contributed by atoms with Gasteiger partial charge in [0.2, 0.25) is 5.91 Å². The van der Waals surface area contributed by atoms with Crippen LogP contribution < -0.4 is 11.1 Å². The van der Waals surface area contributed by atoms with Gasteiger partial charge in [0.05, 0.1) is 17.4 Å². The fourth-order valence-corrected chi connectivity index (χ4v) is 5.09. The molecule has 0 bridgehead atoms. The number of fused-ring (bicyclic) bond motifs is 1. The smallest absolute Gasteiger partial charge is 0.228 e. The summed E-state index contributed by atoms with van der Waals surface area (Å²) in [5, 5.41) is 2.26. The predicted molar refractivity (Wildman–Crippen MR) is 77.1 cm³/mol. The minimum Gasteiger partial charge on any atom is -0.326 e. The van der Waals surface area contributed by atoms with E-state index in [1.54, 1.807) is 0 Å². The molecule has 0 aliphatic carbocycles. The van der Waals surface area contributed by atoms with Crippen molar-refractivity contribution in [3.8, 4) is 0 Å². The van der Waals surface area contributed by atoms with Crippen LogP contribution in [0.5, 0.6) is 0 Å². The number of hydrogen-bond acceptors (Lipinski definition) is 4. The van der Waals surface area contributed by atoms with E-state index < -0.39 is 21.1 Å². The predicted octanol–water partition coefficient (Wildman–Crippen LogP) is 1.15. The number of benzene rings is 1. The third-order valence-corrected chi connectivity index (χ3v) is 6.48. The Labute approximate surface area is 118 Å². The van der Waals surface area contributed by atoms with Gasteiger partial charge < -0.3 is 11.1 Å². The SMILES string of the molecule is NC(c1ccc2c(c1)CC(=O)N2)C1CCCCS1(=O)=O. The highest BCUT2D eigenvalue weighted by atomic mass is 32.2. The van der Waals surface area contributed by atoms with Crippen LogP contribution in [-0.2, 0) is 21.1 Å². The Morgan fingerprint density at radius 2 is 2.10 bits per heavy atom. The molecule has 2 unspecified atom stereocenters. The summed E-state index contributed by atoms with van der Waals surface area (Å²) in [4.78, 5) is 11.3. The monoisotopic (exact) mass is 294 g/mol. The van der Waals surface area contributed by atoms with Crippen LogP contribution in [0.25, 0.3) is 0 Å². The molecule has 2 aliphatic heterocycles. The minimum atomic E-state index is -3.10. The number of anilines is 1. The van der Waals surface area contributed by atoms with E-state index in [-0.39, 0.29) is 11.7 Å². The summed E-state index contributed by atoms with van der Waals surface area (Å²) in [7, 11) is -3.10. The quantitative estimate of drug-likeness (QED) is 0.856. The van der Waals surface area contributed by atoms with Gasteiger partial charge in [-0.1, -0.05) is 18.6 Å². The molecule has 1 saturated heterocycles. The van der Waals surface area contributed by atoms with Crippen LogP contribution in [0.3, 0.4) is 0 Å². The van der Waals surface area contributed by atoms with Crippen LogP contribution >= 0.6 is 0 Å². The average molecular weight is 294 g/mol. The third kappa shape index (κ3) is 2.33. The van der Waals surface area contributed by atoms with E-state index >= 15 is 0 Å². The van der Waals surface area contributed by atoms with E-state index in [1.807, 2.05) is 18.2 Å². The number of amides is 1. The lowest BCUT2D eigenvalue weighted by Crippen LogP contribution is -2.37. The number of carbonyl (C=O) groups is 1. The zero-order chi connectivity index (χ0) is 14.3. The number of carbonyl (C=O) groups excluding carboxylic acids is 1. The van der Waals surface area contributed by atoms with Gasteiger partial charge in [-0.3, -0.25) is 4.79 Å². The summed E-state index contributed by atoms with van der Waals surface area (Å²) in [6, 6.07) is 4.98. The second kappa shape index (κ2) is 4.86. The van der Waals surface area contributed by atoms with Gasteiger partial charge in [0, 0.05) is 11.7 Å². The summed E-state index contributed by atoms with van der Waals surface area (Å²) >= 11 is 0. The molecule has 2 aliphatic rings. The summed E-state index contributed by atoms with van der Waals surface area (Å²) in [6.45, 7) is 0. The van der Waals surface area contributed by atoms with Crippen molar-refractivity contribution >= 4 is 21.4 Å². The van der Waals surface area contributed by atoms with Crippen LogP contribution in [-0.4, -0.2) is 25.3 Å². The van der Waals surface area contributed by atoms with Crippen molar-refractivity contribution < 1.29 is 13.2 Å². The third-order valence-electron chi connectivity index (χ3n) is 4.17. The first-order valence-corrected chi connectivity index (χ1v) is 8.59. The minimum absolute atomic E-state index is 0.0315. The first-order valence-electron chi connectivity index (χ1n) is 6.87. The van der Waals surface area contributed by atoms with Crippen LogP contribution in [0.15, 0.2) is 18.2 Å². The van der Waals surface area contributed by atoms with E-state index in [4.69, 9.17) is 5.73 Å². The first kappa shape index (κ1) is 13.6. The van der Waals surface area contributed by atoms with Crippen molar-refractivity contribution in [1.29, 1.82) is 0 Å². The molecular formula is C14H18N2O3S. The molecule has 1 amide bonds. The summed E-state index contributed by atoms with van der Waals surface area (Å²) < 4.78 is 24.3. The molecule has 0 spiro atoms. The van der Waals surface area contributed by atoms with E-state index in [9.17, 15) is 13.2 Å². The highest BCUT2D eigenvalue weighted by molar-refractivity contribution is 7.92. The van der Waals surface area contributed by atoms with Gasteiger partial charge in [0.25, 0.3) is 0 Å². The van der Waals surface area contributed by atoms with Crippen molar-refractivity contribution in [2.24, 2.45) is 5.73 Å². The summed E-state index contributed by atoms with van der Waals surface area (Å²) in [5.74, 6) is 0.201. The van der Waals surface area contributed by atoms with E-state index in [0.29, 0.717) is 12.8 Å². The zero-order valence-corrected chi connectivity index (χ0v) is 11.9. The summed E-state index contributed by atoms with van der Waals surface area (Å²) in [5.41, 5.74) is 8.69.